The minimum absolute atomic E-state index is 0.0928. The number of hydrogen-bond donors (Lipinski definition) is 1. The van der Waals surface area contributed by atoms with Gasteiger partial charge in [-0.2, -0.15) is 0 Å². The largest absolute Gasteiger partial charge is 0.308 e. The first-order valence-corrected chi connectivity index (χ1v) is 11.9. The summed E-state index contributed by atoms with van der Waals surface area (Å²) in [7, 11) is -3.87. The number of pyridine rings is 1. The first kappa shape index (κ1) is 20.2. The van der Waals surface area contributed by atoms with Crippen molar-refractivity contribution < 1.29 is 13.2 Å². The number of amides is 1. The van der Waals surface area contributed by atoms with Gasteiger partial charge < -0.3 is 4.90 Å². The molecule has 1 aliphatic rings. The summed E-state index contributed by atoms with van der Waals surface area (Å²) >= 11 is 0. The van der Waals surface area contributed by atoms with Crippen LogP contribution >= 0.6 is 0 Å². The van der Waals surface area contributed by atoms with Crippen LogP contribution in [0.1, 0.15) is 22.3 Å². The van der Waals surface area contributed by atoms with Gasteiger partial charge in [0.2, 0.25) is 0 Å². The third kappa shape index (κ3) is 3.71. The number of para-hydroxylation sites is 1. The maximum Gasteiger partial charge on any atom is 0.264 e. The smallest absolute Gasteiger partial charge is 0.264 e. The van der Waals surface area contributed by atoms with Crippen LogP contribution in [-0.4, -0.2) is 25.9 Å². The molecule has 32 heavy (non-hydrogen) atoms. The highest BCUT2D eigenvalue weighted by Gasteiger charge is 2.25. The SMILES string of the molecule is O=C(c1ccccc1)N1CCCc2ccc(NS(=O)(=O)c3cccc4cccnc34)cc21. The zero-order chi connectivity index (χ0) is 22.1. The number of fused-ring (bicyclic) bond motifs is 2. The molecule has 0 spiro atoms. The van der Waals surface area contributed by atoms with E-state index in [2.05, 4.69) is 9.71 Å². The topological polar surface area (TPSA) is 79.4 Å². The van der Waals surface area contributed by atoms with Crippen molar-refractivity contribution in [2.45, 2.75) is 17.7 Å². The lowest BCUT2D eigenvalue weighted by atomic mass is 10.00. The standard InChI is InChI=1S/C25H21N3O3S/c29-25(20-7-2-1-3-8-20)28-16-6-11-18-13-14-21(17-22(18)28)27-32(30,31)23-12-4-9-19-10-5-15-26-24(19)23/h1-5,7-10,12-15,17,27H,6,11,16H2. The van der Waals surface area contributed by atoms with E-state index >= 15 is 0 Å². The Hall–Kier alpha value is -3.71. The average molecular weight is 444 g/mol. The number of carbonyl (C=O) groups excluding carboxylic acids is 1. The van der Waals surface area contributed by atoms with E-state index < -0.39 is 10.0 Å². The number of nitrogens with zero attached hydrogens (tertiary/aromatic N) is 2. The van der Waals surface area contributed by atoms with E-state index in [-0.39, 0.29) is 10.8 Å². The fraction of sp³-hybridized carbons (Fsp3) is 0.120. The second kappa shape index (κ2) is 8.09. The predicted octanol–water partition coefficient (Wildman–Crippen LogP) is 4.63. The van der Waals surface area contributed by atoms with E-state index in [1.807, 2.05) is 36.4 Å². The molecule has 0 saturated heterocycles. The van der Waals surface area contributed by atoms with Gasteiger partial charge in [-0.1, -0.05) is 42.5 Å². The van der Waals surface area contributed by atoms with Crippen LogP contribution in [0, 0.1) is 0 Å². The Morgan fingerprint density at radius 3 is 2.59 bits per heavy atom. The molecule has 0 bridgehead atoms. The van der Waals surface area contributed by atoms with Crippen molar-refractivity contribution in [3.63, 3.8) is 0 Å². The van der Waals surface area contributed by atoms with E-state index in [0.29, 0.717) is 23.3 Å². The van der Waals surface area contributed by atoms with Gasteiger partial charge >= 0.3 is 0 Å². The maximum absolute atomic E-state index is 13.2. The van der Waals surface area contributed by atoms with E-state index in [1.165, 1.54) is 0 Å². The molecule has 1 aromatic heterocycles. The number of sulfonamides is 1. The molecule has 1 amide bonds. The van der Waals surface area contributed by atoms with Crippen molar-refractivity contribution in [3.05, 3.63) is 96.2 Å². The van der Waals surface area contributed by atoms with Gasteiger partial charge in [-0.25, -0.2) is 8.42 Å². The number of carbonyl (C=O) groups is 1. The van der Waals surface area contributed by atoms with Crippen molar-refractivity contribution in [3.8, 4) is 0 Å². The predicted molar refractivity (Wildman–Crippen MR) is 125 cm³/mol. The zero-order valence-electron chi connectivity index (χ0n) is 17.2. The number of hydrogen-bond acceptors (Lipinski definition) is 4. The molecule has 3 aromatic carbocycles. The lowest BCUT2D eigenvalue weighted by molar-refractivity contribution is 0.0985. The number of rotatable bonds is 4. The van der Waals surface area contributed by atoms with Crippen LogP contribution in [0.15, 0.2) is 90.0 Å². The Morgan fingerprint density at radius 1 is 0.938 bits per heavy atom. The van der Waals surface area contributed by atoms with Crippen LogP contribution in [0.5, 0.6) is 0 Å². The Kier molecular flexibility index (Phi) is 5.11. The molecule has 5 rings (SSSR count). The Bertz CT molecular complexity index is 1410. The van der Waals surface area contributed by atoms with Crippen LogP contribution in [0.4, 0.5) is 11.4 Å². The lowest BCUT2D eigenvalue weighted by Gasteiger charge is -2.30. The summed E-state index contributed by atoms with van der Waals surface area (Å²) in [4.78, 5) is 19.2. The summed E-state index contributed by atoms with van der Waals surface area (Å²) < 4.78 is 29.0. The third-order valence-corrected chi connectivity index (χ3v) is 7.02. The van der Waals surface area contributed by atoms with Gasteiger partial charge in [0, 0.05) is 29.4 Å². The normalized spacial score (nSPS) is 13.6. The minimum Gasteiger partial charge on any atom is -0.308 e. The van der Waals surface area contributed by atoms with E-state index in [4.69, 9.17) is 0 Å². The monoisotopic (exact) mass is 443 g/mol. The van der Waals surface area contributed by atoms with Gasteiger partial charge in [0.05, 0.1) is 11.2 Å². The molecule has 0 fully saturated rings. The molecule has 0 atom stereocenters. The molecular formula is C25H21N3O3S. The van der Waals surface area contributed by atoms with Gasteiger partial charge in [0.25, 0.3) is 15.9 Å². The van der Waals surface area contributed by atoms with Crippen molar-refractivity contribution in [2.24, 2.45) is 0 Å². The zero-order valence-corrected chi connectivity index (χ0v) is 18.0. The van der Waals surface area contributed by atoms with Crippen LogP contribution in [0.2, 0.25) is 0 Å². The van der Waals surface area contributed by atoms with Crippen LogP contribution < -0.4 is 9.62 Å². The lowest BCUT2D eigenvalue weighted by Crippen LogP contribution is -2.35. The Labute approximate surface area is 186 Å². The van der Waals surface area contributed by atoms with Gasteiger partial charge in [0.1, 0.15) is 4.90 Å². The molecule has 7 heteroatoms. The van der Waals surface area contributed by atoms with E-state index in [0.717, 1.165) is 29.5 Å². The number of aromatic nitrogens is 1. The minimum atomic E-state index is -3.87. The molecular weight excluding hydrogens is 422 g/mol. The number of anilines is 2. The summed E-state index contributed by atoms with van der Waals surface area (Å²) in [5, 5.41) is 0.750. The fourth-order valence-corrected chi connectivity index (χ4v) is 5.32. The molecule has 0 aliphatic carbocycles. The molecule has 1 aliphatic heterocycles. The van der Waals surface area contributed by atoms with Crippen molar-refractivity contribution in [1.82, 2.24) is 4.98 Å². The van der Waals surface area contributed by atoms with Crippen LogP contribution in [0.25, 0.3) is 10.9 Å². The molecule has 160 valence electrons. The maximum atomic E-state index is 13.2. The van der Waals surface area contributed by atoms with Crippen molar-refractivity contribution in [2.75, 3.05) is 16.2 Å². The summed E-state index contributed by atoms with van der Waals surface area (Å²) in [5.74, 6) is -0.0928. The van der Waals surface area contributed by atoms with Gasteiger partial charge in [-0.3, -0.25) is 14.5 Å². The summed E-state index contributed by atoms with van der Waals surface area (Å²) in [5.41, 5.74) is 3.19. The second-order valence-corrected chi connectivity index (χ2v) is 9.36. The van der Waals surface area contributed by atoms with Crippen molar-refractivity contribution >= 4 is 38.2 Å². The molecule has 2 heterocycles. The molecule has 0 unspecified atom stereocenters. The highest BCUT2D eigenvalue weighted by atomic mass is 32.2. The number of nitrogens with one attached hydrogen (secondary N) is 1. The molecule has 4 aromatic rings. The van der Waals surface area contributed by atoms with E-state index in [1.54, 1.807) is 53.6 Å². The first-order valence-electron chi connectivity index (χ1n) is 10.4. The van der Waals surface area contributed by atoms with Crippen molar-refractivity contribution in [1.29, 1.82) is 0 Å². The summed E-state index contributed by atoms with van der Waals surface area (Å²) in [6.07, 6.45) is 3.28. The average Bonchev–Trinajstić information content (AvgIpc) is 2.83. The third-order valence-electron chi connectivity index (χ3n) is 5.61. The quantitative estimate of drug-likeness (QED) is 0.499. The Balaban J connectivity index is 1.50. The summed E-state index contributed by atoms with van der Waals surface area (Å²) in [6.45, 7) is 0.587. The second-order valence-electron chi connectivity index (χ2n) is 7.71. The molecule has 0 saturated carbocycles. The summed E-state index contributed by atoms with van der Waals surface area (Å²) in [6, 6.07) is 23.2. The van der Waals surface area contributed by atoms with Crippen LogP contribution in [0.3, 0.4) is 0 Å². The van der Waals surface area contributed by atoms with Crippen LogP contribution in [-0.2, 0) is 16.4 Å². The molecule has 6 nitrogen and oxygen atoms in total. The first-order chi connectivity index (χ1) is 15.5. The molecule has 1 N–H and O–H groups in total. The van der Waals surface area contributed by atoms with E-state index in [9.17, 15) is 13.2 Å². The van der Waals surface area contributed by atoms with Gasteiger partial charge in [-0.15, -0.1) is 0 Å². The van der Waals surface area contributed by atoms with Gasteiger partial charge in [0.15, 0.2) is 0 Å². The number of aryl methyl sites for hydroxylation is 1. The fourth-order valence-electron chi connectivity index (χ4n) is 4.09. The highest BCUT2D eigenvalue weighted by Crippen LogP contribution is 2.32. The van der Waals surface area contributed by atoms with Gasteiger partial charge in [-0.05, 0) is 54.8 Å². The Morgan fingerprint density at radius 2 is 1.75 bits per heavy atom. The number of benzene rings is 3. The molecule has 0 radical (unpaired) electrons. The highest BCUT2D eigenvalue weighted by molar-refractivity contribution is 7.93.